The minimum absolute atomic E-state index is 0.269. The van der Waals surface area contributed by atoms with Gasteiger partial charge in [0.1, 0.15) is 12.6 Å². The smallest absolute Gasteiger partial charge is 0.145 e. The lowest BCUT2D eigenvalue weighted by Crippen LogP contribution is -1.92. The van der Waals surface area contributed by atoms with E-state index in [2.05, 4.69) is 6.92 Å². The van der Waals surface area contributed by atoms with E-state index in [9.17, 15) is 9.59 Å². The first kappa shape index (κ1) is 15.5. The minimum Gasteiger partial charge on any atom is -0.303 e. The number of aldehydes is 2. The molecule has 0 aromatic carbocycles. The molecule has 2 nitrogen and oxygen atoms in total. The van der Waals surface area contributed by atoms with Crippen LogP contribution in [0.3, 0.4) is 0 Å². The van der Waals surface area contributed by atoms with Crippen molar-refractivity contribution in [2.24, 2.45) is 5.92 Å². The molecule has 2 heteroatoms. The number of rotatable bonds is 5. The average molecular weight is 198 g/mol. The molecule has 0 bridgehead atoms. The van der Waals surface area contributed by atoms with Gasteiger partial charge in [0.25, 0.3) is 0 Å². The Morgan fingerprint density at radius 3 is 2.00 bits per heavy atom. The molecule has 0 aliphatic rings. The van der Waals surface area contributed by atoms with E-state index in [1.807, 2.05) is 19.9 Å². The van der Waals surface area contributed by atoms with Gasteiger partial charge in [-0.3, -0.25) is 4.79 Å². The SMILES string of the molecule is CCC=C(C)C=O.CCCC(C)C=O. The summed E-state index contributed by atoms with van der Waals surface area (Å²) in [6.45, 7) is 7.83. The molecule has 1 unspecified atom stereocenters. The first-order valence-corrected chi connectivity index (χ1v) is 5.19. The first-order chi connectivity index (χ1) is 6.62. The van der Waals surface area contributed by atoms with Gasteiger partial charge in [-0.1, -0.05) is 33.3 Å². The number of carbonyl (C=O) groups excluding carboxylic acids is 2. The van der Waals surface area contributed by atoms with Gasteiger partial charge in [-0.25, -0.2) is 0 Å². The molecular formula is C12H22O2. The van der Waals surface area contributed by atoms with Crippen LogP contribution in [0.1, 0.15) is 47.0 Å². The zero-order valence-electron chi connectivity index (χ0n) is 9.75. The lowest BCUT2D eigenvalue weighted by Gasteiger charge is -1.94. The fraction of sp³-hybridized carbons (Fsp3) is 0.667. The Hall–Kier alpha value is -0.920. The summed E-state index contributed by atoms with van der Waals surface area (Å²) in [6.07, 6.45) is 6.86. The van der Waals surface area contributed by atoms with E-state index in [1.54, 1.807) is 6.92 Å². The molecule has 0 saturated heterocycles. The maximum Gasteiger partial charge on any atom is 0.145 e. The lowest BCUT2D eigenvalue weighted by atomic mass is 10.1. The van der Waals surface area contributed by atoms with Crippen LogP contribution in [0.2, 0.25) is 0 Å². The van der Waals surface area contributed by atoms with E-state index >= 15 is 0 Å². The summed E-state index contributed by atoms with van der Waals surface area (Å²) < 4.78 is 0. The van der Waals surface area contributed by atoms with Crippen molar-refractivity contribution < 1.29 is 9.59 Å². The van der Waals surface area contributed by atoms with Gasteiger partial charge < -0.3 is 4.79 Å². The molecule has 0 fully saturated rings. The zero-order valence-corrected chi connectivity index (χ0v) is 9.75. The average Bonchev–Trinajstić information content (AvgIpc) is 2.19. The monoisotopic (exact) mass is 198 g/mol. The van der Waals surface area contributed by atoms with Crippen molar-refractivity contribution in [3.8, 4) is 0 Å². The van der Waals surface area contributed by atoms with E-state index in [-0.39, 0.29) is 5.92 Å². The molecule has 0 heterocycles. The fourth-order valence-electron chi connectivity index (χ4n) is 0.893. The summed E-state index contributed by atoms with van der Waals surface area (Å²) in [6, 6.07) is 0. The molecule has 0 aromatic heterocycles. The van der Waals surface area contributed by atoms with Crippen LogP contribution in [0.4, 0.5) is 0 Å². The van der Waals surface area contributed by atoms with Crippen LogP contribution in [0.5, 0.6) is 0 Å². The highest BCUT2D eigenvalue weighted by Gasteiger charge is 1.93. The van der Waals surface area contributed by atoms with E-state index in [1.165, 1.54) is 0 Å². The standard InChI is InChI=1S/C6H12O.C6H10O/c2*1-3-4-6(2)5-7/h5-6H,3-4H2,1-2H3;4-5H,3H2,1-2H3. The molecule has 1 atom stereocenters. The summed E-state index contributed by atoms with van der Waals surface area (Å²) in [4.78, 5) is 19.7. The fourth-order valence-corrected chi connectivity index (χ4v) is 0.893. The van der Waals surface area contributed by atoms with Gasteiger partial charge in [0.05, 0.1) is 0 Å². The van der Waals surface area contributed by atoms with Crippen LogP contribution in [-0.4, -0.2) is 12.6 Å². The second-order valence-corrected chi connectivity index (χ2v) is 3.38. The van der Waals surface area contributed by atoms with Gasteiger partial charge in [-0.15, -0.1) is 0 Å². The Labute approximate surface area is 87.4 Å². The third kappa shape index (κ3) is 13.7. The molecule has 0 amide bonds. The van der Waals surface area contributed by atoms with Gasteiger partial charge in [0.2, 0.25) is 0 Å². The van der Waals surface area contributed by atoms with Crippen LogP contribution in [0.15, 0.2) is 11.6 Å². The zero-order chi connectivity index (χ0) is 11.4. The Bertz CT molecular complexity index is 171. The quantitative estimate of drug-likeness (QED) is 0.502. The summed E-state index contributed by atoms with van der Waals surface area (Å²) in [5, 5.41) is 0. The predicted octanol–water partition coefficient (Wildman–Crippen LogP) is 3.16. The molecule has 0 aliphatic heterocycles. The Morgan fingerprint density at radius 2 is 1.86 bits per heavy atom. The van der Waals surface area contributed by atoms with Crippen molar-refractivity contribution in [2.45, 2.75) is 47.0 Å². The second kappa shape index (κ2) is 12.1. The van der Waals surface area contributed by atoms with E-state index in [4.69, 9.17) is 0 Å². The van der Waals surface area contributed by atoms with E-state index in [0.717, 1.165) is 37.4 Å². The molecule has 14 heavy (non-hydrogen) atoms. The third-order valence-corrected chi connectivity index (χ3v) is 1.69. The van der Waals surface area contributed by atoms with Crippen molar-refractivity contribution >= 4 is 12.6 Å². The van der Waals surface area contributed by atoms with E-state index < -0.39 is 0 Å². The molecule has 0 radical (unpaired) electrons. The highest BCUT2D eigenvalue weighted by molar-refractivity contribution is 5.71. The molecule has 0 N–H and O–H groups in total. The number of hydrogen-bond donors (Lipinski definition) is 0. The minimum atomic E-state index is 0.269. The van der Waals surface area contributed by atoms with Crippen molar-refractivity contribution in [2.75, 3.05) is 0 Å². The van der Waals surface area contributed by atoms with Crippen molar-refractivity contribution in [1.82, 2.24) is 0 Å². The number of hydrogen-bond acceptors (Lipinski definition) is 2. The van der Waals surface area contributed by atoms with Crippen molar-refractivity contribution in [1.29, 1.82) is 0 Å². The van der Waals surface area contributed by atoms with Crippen LogP contribution in [0, 0.1) is 5.92 Å². The first-order valence-electron chi connectivity index (χ1n) is 5.19. The van der Waals surface area contributed by atoms with Gasteiger partial charge in [-0.05, 0) is 25.3 Å². The Kier molecular flexibility index (Phi) is 13.4. The summed E-state index contributed by atoms with van der Waals surface area (Å²) in [5.74, 6) is 0.269. The Morgan fingerprint density at radius 1 is 1.29 bits per heavy atom. The molecule has 0 aliphatic carbocycles. The van der Waals surface area contributed by atoms with Crippen LogP contribution >= 0.6 is 0 Å². The molecule has 0 aromatic rings. The van der Waals surface area contributed by atoms with Crippen molar-refractivity contribution in [3.05, 3.63) is 11.6 Å². The molecule has 0 rings (SSSR count). The molecular weight excluding hydrogens is 176 g/mol. The maximum absolute atomic E-state index is 9.89. The maximum atomic E-state index is 9.89. The summed E-state index contributed by atoms with van der Waals surface area (Å²) >= 11 is 0. The Balaban J connectivity index is 0. The lowest BCUT2D eigenvalue weighted by molar-refractivity contribution is -0.110. The molecule has 82 valence electrons. The van der Waals surface area contributed by atoms with Crippen LogP contribution in [-0.2, 0) is 9.59 Å². The number of carbonyl (C=O) groups is 2. The van der Waals surface area contributed by atoms with Crippen LogP contribution in [0.25, 0.3) is 0 Å². The van der Waals surface area contributed by atoms with Crippen molar-refractivity contribution in [3.63, 3.8) is 0 Å². The number of allylic oxidation sites excluding steroid dienone is 2. The largest absolute Gasteiger partial charge is 0.303 e. The second-order valence-electron chi connectivity index (χ2n) is 3.38. The van der Waals surface area contributed by atoms with Gasteiger partial charge >= 0.3 is 0 Å². The molecule has 0 spiro atoms. The predicted molar refractivity (Wildman–Crippen MR) is 60.2 cm³/mol. The normalized spacial score (nSPS) is 12.4. The molecule has 0 saturated carbocycles. The summed E-state index contributed by atoms with van der Waals surface area (Å²) in [7, 11) is 0. The topological polar surface area (TPSA) is 34.1 Å². The summed E-state index contributed by atoms with van der Waals surface area (Å²) in [5.41, 5.74) is 0.822. The highest BCUT2D eigenvalue weighted by atomic mass is 16.1. The van der Waals surface area contributed by atoms with Crippen LogP contribution < -0.4 is 0 Å². The third-order valence-electron chi connectivity index (χ3n) is 1.69. The van der Waals surface area contributed by atoms with Gasteiger partial charge in [0, 0.05) is 5.92 Å². The van der Waals surface area contributed by atoms with Gasteiger partial charge in [-0.2, -0.15) is 0 Å². The van der Waals surface area contributed by atoms with E-state index in [0.29, 0.717) is 0 Å². The highest BCUT2D eigenvalue weighted by Crippen LogP contribution is 1.98. The van der Waals surface area contributed by atoms with Gasteiger partial charge in [0.15, 0.2) is 0 Å².